The van der Waals surface area contributed by atoms with Crippen molar-refractivity contribution in [1.82, 2.24) is 20.2 Å². The van der Waals surface area contributed by atoms with Crippen LogP contribution in [0.25, 0.3) is 0 Å². The molecular weight excluding hydrogens is 212 g/mol. The van der Waals surface area contributed by atoms with Gasteiger partial charge < -0.3 is 5.73 Å². The highest BCUT2D eigenvalue weighted by atomic mass is 16.2. The van der Waals surface area contributed by atoms with Gasteiger partial charge in [0.15, 0.2) is 0 Å². The number of nitrogens with zero attached hydrogens (tertiary/aromatic N) is 5. The van der Waals surface area contributed by atoms with E-state index in [-0.39, 0.29) is 24.8 Å². The van der Waals surface area contributed by atoms with E-state index in [0.29, 0.717) is 6.54 Å². The van der Waals surface area contributed by atoms with Gasteiger partial charge in [-0.15, -0.1) is 5.10 Å². The maximum atomic E-state index is 11.6. The molecule has 1 unspecified atom stereocenters. The zero-order chi connectivity index (χ0) is 11.7. The van der Waals surface area contributed by atoms with Crippen LogP contribution in [0, 0.1) is 5.92 Å². The van der Waals surface area contributed by atoms with E-state index in [2.05, 4.69) is 15.4 Å². The van der Waals surface area contributed by atoms with Crippen molar-refractivity contribution in [2.75, 3.05) is 11.4 Å². The van der Waals surface area contributed by atoms with E-state index in [0.717, 1.165) is 0 Å². The lowest BCUT2D eigenvalue weighted by Gasteiger charge is -2.09. The SMILES string of the molecule is CCn1nnc(N2CC(C(N)=O)CC2=O)n1. The largest absolute Gasteiger partial charge is 0.369 e. The molecule has 1 fully saturated rings. The molecule has 0 aliphatic carbocycles. The summed E-state index contributed by atoms with van der Waals surface area (Å²) < 4.78 is 0. The Labute approximate surface area is 91.4 Å². The van der Waals surface area contributed by atoms with Gasteiger partial charge in [0, 0.05) is 13.0 Å². The molecule has 2 N–H and O–H groups in total. The number of carbonyl (C=O) groups excluding carboxylic acids is 2. The number of primary amides is 1. The summed E-state index contributed by atoms with van der Waals surface area (Å²) in [5.41, 5.74) is 5.15. The molecule has 0 aromatic carbocycles. The van der Waals surface area contributed by atoms with Gasteiger partial charge in [0.2, 0.25) is 11.8 Å². The molecule has 1 aliphatic rings. The van der Waals surface area contributed by atoms with Crippen LogP contribution in [0.2, 0.25) is 0 Å². The first-order valence-corrected chi connectivity index (χ1v) is 4.99. The van der Waals surface area contributed by atoms with Crippen LogP contribution in [0.4, 0.5) is 5.95 Å². The molecule has 0 spiro atoms. The van der Waals surface area contributed by atoms with Gasteiger partial charge >= 0.3 is 0 Å². The summed E-state index contributed by atoms with van der Waals surface area (Å²) in [6.07, 6.45) is 0.121. The standard InChI is InChI=1S/C8H12N6O2/c1-2-14-11-8(10-12-14)13-4-5(7(9)16)3-6(13)15/h5H,2-4H2,1H3,(H2,9,16). The molecule has 0 saturated carbocycles. The molecule has 1 aliphatic heterocycles. The third kappa shape index (κ3) is 1.73. The third-order valence-corrected chi connectivity index (χ3v) is 2.49. The zero-order valence-corrected chi connectivity index (χ0v) is 8.83. The quantitative estimate of drug-likeness (QED) is 0.674. The molecular formula is C8H12N6O2. The number of aromatic nitrogens is 4. The number of aryl methyl sites for hydroxylation is 1. The summed E-state index contributed by atoms with van der Waals surface area (Å²) in [6.45, 7) is 2.68. The number of hydrogen-bond donors (Lipinski definition) is 1. The fraction of sp³-hybridized carbons (Fsp3) is 0.625. The van der Waals surface area contributed by atoms with Crippen LogP contribution in [0.3, 0.4) is 0 Å². The maximum absolute atomic E-state index is 11.6. The van der Waals surface area contributed by atoms with E-state index in [1.54, 1.807) is 0 Å². The molecule has 8 heteroatoms. The van der Waals surface area contributed by atoms with Crippen LogP contribution in [0.5, 0.6) is 0 Å². The Morgan fingerprint density at radius 2 is 2.38 bits per heavy atom. The van der Waals surface area contributed by atoms with Gasteiger partial charge in [0.1, 0.15) is 0 Å². The highest BCUT2D eigenvalue weighted by Crippen LogP contribution is 2.20. The van der Waals surface area contributed by atoms with Gasteiger partial charge in [0.25, 0.3) is 5.95 Å². The average molecular weight is 224 g/mol. The number of anilines is 1. The van der Waals surface area contributed by atoms with Crippen LogP contribution < -0.4 is 10.6 Å². The summed E-state index contributed by atoms with van der Waals surface area (Å²) in [7, 11) is 0. The summed E-state index contributed by atoms with van der Waals surface area (Å²) in [5.74, 6) is -0.894. The highest BCUT2D eigenvalue weighted by Gasteiger charge is 2.35. The molecule has 8 nitrogen and oxygen atoms in total. The van der Waals surface area contributed by atoms with E-state index in [1.807, 2.05) is 6.92 Å². The van der Waals surface area contributed by atoms with Crippen molar-refractivity contribution >= 4 is 17.8 Å². The Kier molecular flexibility index (Phi) is 2.55. The Morgan fingerprint density at radius 1 is 1.62 bits per heavy atom. The second-order valence-electron chi connectivity index (χ2n) is 3.59. The average Bonchev–Trinajstić information content (AvgIpc) is 2.83. The zero-order valence-electron chi connectivity index (χ0n) is 8.83. The lowest BCUT2D eigenvalue weighted by atomic mass is 10.1. The van der Waals surface area contributed by atoms with Crippen LogP contribution in [0.1, 0.15) is 13.3 Å². The fourth-order valence-corrected chi connectivity index (χ4v) is 1.57. The van der Waals surface area contributed by atoms with Crippen molar-refractivity contribution in [3.8, 4) is 0 Å². The van der Waals surface area contributed by atoms with Gasteiger partial charge in [0.05, 0.1) is 12.5 Å². The van der Waals surface area contributed by atoms with E-state index >= 15 is 0 Å². The molecule has 1 aromatic heterocycles. The molecule has 0 bridgehead atoms. The van der Waals surface area contributed by atoms with Gasteiger partial charge in [-0.2, -0.15) is 4.80 Å². The van der Waals surface area contributed by atoms with Crippen molar-refractivity contribution in [2.24, 2.45) is 11.7 Å². The normalized spacial score (nSPS) is 20.4. The topological polar surface area (TPSA) is 107 Å². The van der Waals surface area contributed by atoms with Gasteiger partial charge in [-0.05, 0) is 12.1 Å². The first-order chi connectivity index (χ1) is 7.61. The predicted octanol–water partition coefficient (Wildman–Crippen LogP) is -1.47. The minimum absolute atomic E-state index is 0.121. The second kappa shape index (κ2) is 3.87. The predicted molar refractivity (Wildman–Crippen MR) is 53.1 cm³/mol. The molecule has 1 atom stereocenters. The number of amides is 2. The number of rotatable bonds is 3. The minimum atomic E-state index is -0.473. The number of tetrazole rings is 1. The first-order valence-electron chi connectivity index (χ1n) is 4.99. The molecule has 86 valence electrons. The Bertz CT molecular complexity index is 428. The van der Waals surface area contributed by atoms with E-state index in [4.69, 9.17) is 5.73 Å². The number of nitrogens with two attached hydrogens (primary N) is 1. The van der Waals surface area contributed by atoms with Gasteiger partial charge in [-0.25, -0.2) is 0 Å². The second-order valence-corrected chi connectivity index (χ2v) is 3.59. The van der Waals surface area contributed by atoms with Crippen LogP contribution >= 0.6 is 0 Å². The maximum Gasteiger partial charge on any atom is 0.272 e. The number of hydrogen-bond acceptors (Lipinski definition) is 5. The molecule has 2 rings (SSSR count). The molecule has 2 heterocycles. The van der Waals surface area contributed by atoms with Crippen LogP contribution in [-0.2, 0) is 16.1 Å². The number of carbonyl (C=O) groups is 2. The fourth-order valence-electron chi connectivity index (χ4n) is 1.57. The van der Waals surface area contributed by atoms with Gasteiger partial charge in [-0.3, -0.25) is 14.5 Å². The molecule has 2 amide bonds. The van der Waals surface area contributed by atoms with Crippen LogP contribution in [-0.4, -0.2) is 38.6 Å². The van der Waals surface area contributed by atoms with E-state index < -0.39 is 11.8 Å². The lowest BCUT2D eigenvalue weighted by molar-refractivity contribution is -0.123. The van der Waals surface area contributed by atoms with Crippen LogP contribution in [0.15, 0.2) is 0 Å². The summed E-state index contributed by atoms with van der Waals surface area (Å²) in [6, 6.07) is 0. The van der Waals surface area contributed by atoms with Crippen molar-refractivity contribution in [1.29, 1.82) is 0 Å². The Hall–Kier alpha value is -1.99. The van der Waals surface area contributed by atoms with Crippen molar-refractivity contribution in [3.05, 3.63) is 0 Å². The molecule has 16 heavy (non-hydrogen) atoms. The smallest absolute Gasteiger partial charge is 0.272 e. The monoisotopic (exact) mass is 224 g/mol. The Morgan fingerprint density at radius 3 is 2.88 bits per heavy atom. The van der Waals surface area contributed by atoms with E-state index in [9.17, 15) is 9.59 Å². The molecule has 0 radical (unpaired) electrons. The molecule has 1 aromatic rings. The first kappa shape index (κ1) is 10.5. The lowest BCUT2D eigenvalue weighted by Crippen LogP contribution is -2.29. The van der Waals surface area contributed by atoms with Crippen molar-refractivity contribution < 1.29 is 9.59 Å². The third-order valence-electron chi connectivity index (χ3n) is 2.49. The van der Waals surface area contributed by atoms with Crippen molar-refractivity contribution in [3.63, 3.8) is 0 Å². The Balaban J connectivity index is 2.16. The van der Waals surface area contributed by atoms with E-state index in [1.165, 1.54) is 9.70 Å². The minimum Gasteiger partial charge on any atom is -0.369 e. The molecule has 1 saturated heterocycles. The van der Waals surface area contributed by atoms with Gasteiger partial charge in [-0.1, -0.05) is 5.10 Å². The summed E-state index contributed by atoms with van der Waals surface area (Å²) in [4.78, 5) is 25.3. The summed E-state index contributed by atoms with van der Waals surface area (Å²) >= 11 is 0. The van der Waals surface area contributed by atoms with Crippen molar-refractivity contribution in [2.45, 2.75) is 19.9 Å². The summed E-state index contributed by atoms with van der Waals surface area (Å²) in [5, 5.41) is 11.5. The highest BCUT2D eigenvalue weighted by molar-refractivity contribution is 5.98.